The summed E-state index contributed by atoms with van der Waals surface area (Å²) in [6.07, 6.45) is 4.30. The summed E-state index contributed by atoms with van der Waals surface area (Å²) in [5, 5.41) is 0. The Morgan fingerprint density at radius 2 is 1.83 bits per heavy atom. The van der Waals surface area contributed by atoms with Crippen LogP contribution in [0.4, 0.5) is 8.78 Å². The molecule has 9 heteroatoms. The zero-order valence-electron chi connectivity index (χ0n) is 19.7. The Morgan fingerprint density at radius 1 is 1.06 bits per heavy atom. The van der Waals surface area contributed by atoms with E-state index in [1.54, 1.807) is 11.0 Å². The van der Waals surface area contributed by atoms with E-state index in [1.807, 2.05) is 0 Å². The zero-order valence-corrected chi connectivity index (χ0v) is 20.5. The maximum absolute atomic E-state index is 14.7. The highest BCUT2D eigenvalue weighted by Crippen LogP contribution is 2.30. The van der Waals surface area contributed by atoms with Crippen molar-refractivity contribution in [3.63, 3.8) is 0 Å². The van der Waals surface area contributed by atoms with Gasteiger partial charge in [-0.2, -0.15) is 0 Å². The number of likely N-dealkylation sites (tertiary alicyclic amines) is 1. The molecule has 188 valence electrons. The Bertz CT molecular complexity index is 1230. The van der Waals surface area contributed by atoms with Crippen molar-refractivity contribution < 1.29 is 26.8 Å². The van der Waals surface area contributed by atoms with Crippen LogP contribution in [-0.2, 0) is 14.8 Å². The molecule has 1 heterocycles. The summed E-state index contributed by atoms with van der Waals surface area (Å²) in [6, 6.07) is 8.58. The maximum Gasteiger partial charge on any atom is 0.225 e. The molecule has 1 amide bonds. The van der Waals surface area contributed by atoms with Gasteiger partial charge in [0, 0.05) is 19.0 Å². The van der Waals surface area contributed by atoms with Crippen LogP contribution in [0.5, 0.6) is 0 Å². The van der Waals surface area contributed by atoms with Crippen molar-refractivity contribution in [1.29, 1.82) is 0 Å². The van der Waals surface area contributed by atoms with Crippen LogP contribution >= 0.6 is 0 Å². The number of hydrogen-bond donors (Lipinski definition) is 1. The third-order valence-corrected chi connectivity index (χ3v) is 8.40. The van der Waals surface area contributed by atoms with Crippen LogP contribution in [0.1, 0.15) is 48.0 Å². The van der Waals surface area contributed by atoms with Gasteiger partial charge in [0.1, 0.15) is 11.6 Å². The van der Waals surface area contributed by atoms with Crippen LogP contribution in [0.3, 0.4) is 0 Å². The lowest BCUT2D eigenvalue weighted by atomic mass is 9.83. The van der Waals surface area contributed by atoms with Crippen molar-refractivity contribution in [2.45, 2.75) is 39.0 Å². The van der Waals surface area contributed by atoms with Gasteiger partial charge in [0.25, 0.3) is 0 Å². The van der Waals surface area contributed by atoms with Crippen molar-refractivity contribution in [2.24, 2.45) is 11.8 Å². The van der Waals surface area contributed by atoms with Crippen LogP contribution in [0.15, 0.2) is 36.4 Å². The molecule has 1 aliphatic carbocycles. The molecule has 1 saturated carbocycles. The molecule has 6 nitrogen and oxygen atoms in total. The fourth-order valence-corrected chi connectivity index (χ4v) is 6.12. The number of halogens is 2. The average molecular weight is 505 g/mol. The number of sulfonamides is 1. The monoisotopic (exact) mass is 504 g/mol. The molecule has 1 aliphatic heterocycles. The van der Waals surface area contributed by atoms with E-state index >= 15 is 0 Å². The molecule has 2 aromatic rings. The van der Waals surface area contributed by atoms with E-state index in [1.165, 1.54) is 37.3 Å². The number of nitrogens with zero attached hydrogens (tertiary/aromatic N) is 1. The number of piperidine rings is 1. The number of nitrogens with one attached hydrogen (secondary N) is 1. The molecule has 1 atom stereocenters. The fraction of sp³-hybridized carbons (Fsp3) is 0.462. The van der Waals surface area contributed by atoms with Crippen molar-refractivity contribution in [3.05, 3.63) is 59.2 Å². The summed E-state index contributed by atoms with van der Waals surface area (Å²) in [7, 11) is -3.82. The minimum atomic E-state index is -3.82. The number of Topliss-reactive ketones (excluding diaryl/α,β-unsaturated/α-hetero) is 1. The number of rotatable bonds is 8. The SMILES string of the molecule is Cc1cc(-c2cccc(F)c2)cc(C(=O)CNS(=O)(=O)CC2CCCN(C(=O)C3CCC3)C2)c1F. The molecule has 4 rings (SSSR count). The molecule has 0 aromatic heterocycles. The fourth-order valence-electron chi connectivity index (χ4n) is 4.76. The van der Waals surface area contributed by atoms with Gasteiger partial charge in [0.05, 0.1) is 17.9 Å². The van der Waals surface area contributed by atoms with Crippen molar-refractivity contribution >= 4 is 21.7 Å². The number of aryl methyl sites for hydroxylation is 1. The quantitative estimate of drug-likeness (QED) is 0.549. The van der Waals surface area contributed by atoms with E-state index in [-0.39, 0.29) is 34.6 Å². The molecule has 2 aromatic carbocycles. The smallest absolute Gasteiger partial charge is 0.225 e. The topological polar surface area (TPSA) is 83.6 Å². The van der Waals surface area contributed by atoms with Crippen LogP contribution < -0.4 is 4.72 Å². The summed E-state index contributed by atoms with van der Waals surface area (Å²) in [6.45, 7) is 1.97. The van der Waals surface area contributed by atoms with Gasteiger partial charge in [-0.3, -0.25) is 9.59 Å². The molecule has 2 aliphatic rings. The largest absolute Gasteiger partial charge is 0.342 e. The summed E-state index contributed by atoms with van der Waals surface area (Å²) in [5.74, 6) is -2.12. The number of carbonyl (C=O) groups excluding carboxylic acids is 2. The molecule has 0 radical (unpaired) electrons. The van der Waals surface area contributed by atoms with E-state index in [4.69, 9.17) is 0 Å². The van der Waals surface area contributed by atoms with E-state index < -0.39 is 34.0 Å². The van der Waals surface area contributed by atoms with Gasteiger partial charge in [-0.15, -0.1) is 0 Å². The van der Waals surface area contributed by atoms with Crippen molar-refractivity contribution in [2.75, 3.05) is 25.4 Å². The molecule has 0 spiro atoms. The Hall–Kier alpha value is -2.65. The Labute approximate surface area is 204 Å². The summed E-state index contributed by atoms with van der Waals surface area (Å²) in [5.41, 5.74) is 0.910. The van der Waals surface area contributed by atoms with Gasteiger partial charge in [0.15, 0.2) is 5.78 Å². The van der Waals surface area contributed by atoms with E-state index in [9.17, 15) is 26.8 Å². The second-order valence-electron chi connectivity index (χ2n) is 9.61. The molecule has 0 bridgehead atoms. The number of carbonyl (C=O) groups is 2. The normalized spacial score (nSPS) is 18.8. The second-order valence-corrected chi connectivity index (χ2v) is 11.5. The van der Waals surface area contributed by atoms with Gasteiger partial charge < -0.3 is 4.90 Å². The number of amides is 1. The van der Waals surface area contributed by atoms with Gasteiger partial charge in [0.2, 0.25) is 15.9 Å². The Morgan fingerprint density at radius 3 is 2.51 bits per heavy atom. The third-order valence-electron chi connectivity index (χ3n) is 6.91. The lowest BCUT2D eigenvalue weighted by molar-refractivity contribution is -0.139. The predicted molar refractivity (Wildman–Crippen MR) is 129 cm³/mol. The van der Waals surface area contributed by atoms with Gasteiger partial charge in [-0.25, -0.2) is 21.9 Å². The first-order valence-electron chi connectivity index (χ1n) is 12.0. The van der Waals surface area contributed by atoms with Gasteiger partial charge >= 0.3 is 0 Å². The third kappa shape index (κ3) is 6.13. The average Bonchev–Trinajstić information content (AvgIpc) is 2.78. The van der Waals surface area contributed by atoms with Crippen molar-refractivity contribution in [3.8, 4) is 11.1 Å². The van der Waals surface area contributed by atoms with E-state index in [2.05, 4.69) is 4.72 Å². The van der Waals surface area contributed by atoms with Crippen LogP contribution in [0.25, 0.3) is 11.1 Å². The highest BCUT2D eigenvalue weighted by Gasteiger charge is 2.33. The highest BCUT2D eigenvalue weighted by atomic mass is 32.2. The highest BCUT2D eigenvalue weighted by molar-refractivity contribution is 7.89. The standard InChI is InChI=1S/C26H30F2N2O4S/c1-17-11-21(20-8-3-9-22(27)12-20)13-23(25(17)28)24(31)14-29-35(33,34)16-18-5-4-10-30(15-18)26(32)19-6-2-7-19/h3,8-9,11-13,18-19,29H,2,4-7,10,14-16H2,1H3. The minimum Gasteiger partial charge on any atom is -0.342 e. The molecule has 1 unspecified atom stereocenters. The molecular formula is C26H30F2N2O4S. The molecule has 35 heavy (non-hydrogen) atoms. The minimum absolute atomic E-state index is 0.0719. The zero-order chi connectivity index (χ0) is 25.2. The lowest BCUT2D eigenvalue weighted by Crippen LogP contribution is -2.46. The van der Waals surface area contributed by atoms with Crippen LogP contribution in [0, 0.1) is 30.4 Å². The second kappa shape index (κ2) is 10.5. The van der Waals surface area contributed by atoms with Crippen LogP contribution in [-0.4, -0.2) is 50.4 Å². The first-order chi connectivity index (χ1) is 16.6. The summed E-state index contributed by atoms with van der Waals surface area (Å²) >= 11 is 0. The predicted octanol–water partition coefficient (Wildman–Crippen LogP) is 4.08. The number of hydrogen-bond acceptors (Lipinski definition) is 4. The van der Waals surface area contributed by atoms with Crippen LogP contribution in [0.2, 0.25) is 0 Å². The van der Waals surface area contributed by atoms with E-state index in [0.717, 1.165) is 25.7 Å². The molecule has 1 N–H and O–H groups in total. The number of ketones is 1. The molecule has 1 saturated heterocycles. The molecular weight excluding hydrogens is 474 g/mol. The molecule has 2 fully saturated rings. The first-order valence-corrected chi connectivity index (χ1v) is 13.6. The van der Waals surface area contributed by atoms with Gasteiger partial charge in [-0.05, 0) is 79.5 Å². The Balaban J connectivity index is 1.40. The number of benzene rings is 2. The van der Waals surface area contributed by atoms with E-state index in [0.29, 0.717) is 30.6 Å². The maximum atomic E-state index is 14.7. The summed E-state index contributed by atoms with van der Waals surface area (Å²) in [4.78, 5) is 27.1. The lowest BCUT2D eigenvalue weighted by Gasteiger charge is -2.37. The summed E-state index contributed by atoms with van der Waals surface area (Å²) < 4.78 is 56.0. The first kappa shape index (κ1) is 25.4. The van der Waals surface area contributed by atoms with Crippen molar-refractivity contribution in [1.82, 2.24) is 9.62 Å². The Kier molecular flexibility index (Phi) is 7.66. The van der Waals surface area contributed by atoms with Gasteiger partial charge in [-0.1, -0.05) is 18.6 Å².